The standard InChI is InChI=1S/C7H8N2O2S/c1-2-11-7(10)6(8)5-3-12-4-9-5/h3-4,8H,2H2,1H3. The summed E-state index contributed by atoms with van der Waals surface area (Å²) in [6.07, 6.45) is 0. The van der Waals surface area contributed by atoms with Crippen LogP contribution in [0.3, 0.4) is 0 Å². The summed E-state index contributed by atoms with van der Waals surface area (Å²) in [7, 11) is 0. The average Bonchev–Trinajstić information content (AvgIpc) is 2.55. The fourth-order valence-electron chi connectivity index (χ4n) is 0.644. The zero-order valence-corrected chi connectivity index (χ0v) is 7.35. The molecule has 0 saturated heterocycles. The predicted molar refractivity (Wildman–Crippen MR) is 45.6 cm³/mol. The maximum absolute atomic E-state index is 11.0. The highest BCUT2D eigenvalue weighted by molar-refractivity contribution is 7.07. The summed E-state index contributed by atoms with van der Waals surface area (Å²) in [6.45, 7) is 1.98. The number of aromatic nitrogens is 1. The van der Waals surface area contributed by atoms with Crippen LogP contribution in [0.25, 0.3) is 0 Å². The summed E-state index contributed by atoms with van der Waals surface area (Å²) in [6, 6.07) is 0. The van der Waals surface area contributed by atoms with Crippen molar-refractivity contribution in [3.05, 3.63) is 16.6 Å². The Morgan fingerprint density at radius 3 is 3.08 bits per heavy atom. The maximum Gasteiger partial charge on any atom is 0.358 e. The Kier molecular flexibility index (Phi) is 2.93. The first-order valence-corrected chi connectivity index (χ1v) is 4.34. The van der Waals surface area contributed by atoms with Crippen molar-refractivity contribution in [1.29, 1.82) is 5.41 Å². The molecule has 1 heterocycles. The third-order valence-electron chi connectivity index (χ3n) is 1.17. The van der Waals surface area contributed by atoms with Crippen LogP contribution in [0.1, 0.15) is 12.6 Å². The second-order valence-corrected chi connectivity index (χ2v) is 2.69. The topological polar surface area (TPSA) is 63.0 Å². The van der Waals surface area contributed by atoms with Gasteiger partial charge >= 0.3 is 5.97 Å². The minimum absolute atomic E-state index is 0.182. The van der Waals surface area contributed by atoms with Gasteiger partial charge in [0.25, 0.3) is 0 Å². The number of hydrogen-bond acceptors (Lipinski definition) is 5. The van der Waals surface area contributed by atoms with Crippen LogP contribution in [-0.2, 0) is 9.53 Å². The molecular weight excluding hydrogens is 176 g/mol. The molecule has 0 atom stereocenters. The zero-order valence-electron chi connectivity index (χ0n) is 6.53. The normalized spacial score (nSPS) is 9.42. The first-order valence-electron chi connectivity index (χ1n) is 3.40. The third kappa shape index (κ3) is 1.88. The van der Waals surface area contributed by atoms with E-state index < -0.39 is 5.97 Å². The molecule has 0 radical (unpaired) electrons. The Balaban J connectivity index is 2.66. The van der Waals surface area contributed by atoms with E-state index in [0.717, 1.165) is 0 Å². The molecule has 1 N–H and O–H groups in total. The van der Waals surface area contributed by atoms with Crippen molar-refractivity contribution >= 4 is 23.0 Å². The molecule has 0 fully saturated rings. The van der Waals surface area contributed by atoms with Gasteiger partial charge in [0.1, 0.15) is 5.69 Å². The van der Waals surface area contributed by atoms with Gasteiger partial charge in [0.05, 0.1) is 12.1 Å². The molecule has 0 spiro atoms. The highest BCUT2D eigenvalue weighted by atomic mass is 32.1. The van der Waals surface area contributed by atoms with E-state index in [-0.39, 0.29) is 12.3 Å². The quantitative estimate of drug-likeness (QED) is 0.564. The minimum atomic E-state index is -0.622. The summed E-state index contributed by atoms with van der Waals surface area (Å²) < 4.78 is 4.63. The first-order chi connectivity index (χ1) is 5.75. The molecule has 64 valence electrons. The number of thiazole rings is 1. The summed E-state index contributed by atoms with van der Waals surface area (Å²) >= 11 is 1.34. The number of ether oxygens (including phenoxy) is 1. The van der Waals surface area contributed by atoms with E-state index >= 15 is 0 Å². The second-order valence-electron chi connectivity index (χ2n) is 1.97. The monoisotopic (exact) mass is 184 g/mol. The molecular formula is C7H8N2O2S. The van der Waals surface area contributed by atoms with Gasteiger partial charge in [-0.1, -0.05) is 0 Å². The summed E-state index contributed by atoms with van der Waals surface area (Å²) in [5.74, 6) is -0.622. The molecule has 0 unspecified atom stereocenters. The molecule has 1 aromatic heterocycles. The molecule has 0 aromatic carbocycles. The molecule has 4 nitrogen and oxygen atoms in total. The maximum atomic E-state index is 11.0. The van der Waals surface area contributed by atoms with E-state index in [1.165, 1.54) is 11.3 Å². The highest BCUT2D eigenvalue weighted by Crippen LogP contribution is 2.02. The molecule has 0 amide bonds. The summed E-state index contributed by atoms with van der Waals surface area (Å²) in [4.78, 5) is 14.8. The van der Waals surface area contributed by atoms with E-state index in [1.54, 1.807) is 17.8 Å². The Morgan fingerprint density at radius 2 is 2.58 bits per heavy atom. The fourth-order valence-corrected chi connectivity index (χ4v) is 1.19. The van der Waals surface area contributed by atoms with Crippen molar-refractivity contribution in [3.8, 4) is 0 Å². The minimum Gasteiger partial charge on any atom is -0.461 e. The molecule has 1 aromatic rings. The molecule has 0 saturated carbocycles. The molecule has 0 aliphatic rings. The van der Waals surface area contributed by atoms with Crippen molar-refractivity contribution in [2.75, 3.05) is 6.61 Å². The van der Waals surface area contributed by atoms with E-state index in [0.29, 0.717) is 5.69 Å². The smallest absolute Gasteiger partial charge is 0.358 e. The Hall–Kier alpha value is -1.23. The van der Waals surface area contributed by atoms with Gasteiger partial charge in [0, 0.05) is 5.38 Å². The van der Waals surface area contributed by atoms with Crippen molar-refractivity contribution < 1.29 is 9.53 Å². The number of nitrogens with one attached hydrogen (secondary N) is 1. The van der Waals surface area contributed by atoms with E-state index in [9.17, 15) is 4.79 Å². The molecule has 5 heteroatoms. The van der Waals surface area contributed by atoms with Crippen molar-refractivity contribution in [2.45, 2.75) is 6.92 Å². The van der Waals surface area contributed by atoms with Crippen LogP contribution in [0.15, 0.2) is 10.9 Å². The number of nitrogens with zero attached hydrogens (tertiary/aromatic N) is 1. The Morgan fingerprint density at radius 1 is 1.83 bits per heavy atom. The number of carbonyl (C=O) groups is 1. The van der Waals surface area contributed by atoms with Gasteiger partial charge in [-0.2, -0.15) is 0 Å². The SMILES string of the molecule is CCOC(=O)C(=N)c1cscn1. The van der Waals surface area contributed by atoms with Crippen LogP contribution in [0, 0.1) is 5.41 Å². The largest absolute Gasteiger partial charge is 0.461 e. The van der Waals surface area contributed by atoms with Gasteiger partial charge in [-0.25, -0.2) is 9.78 Å². The zero-order chi connectivity index (χ0) is 8.97. The fraction of sp³-hybridized carbons (Fsp3) is 0.286. The lowest BCUT2D eigenvalue weighted by Crippen LogP contribution is -2.17. The van der Waals surface area contributed by atoms with E-state index in [1.807, 2.05) is 0 Å². The van der Waals surface area contributed by atoms with Crippen LogP contribution in [0.2, 0.25) is 0 Å². The van der Waals surface area contributed by atoms with Crippen molar-refractivity contribution in [2.24, 2.45) is 0 Å². The lowest BCUT2D eigenvalue weighted by atomic mass is 10.3. The molecule has 12 heavy (non-hydrogen) atoms. The van der Waals surface area contributed by atoms with Crippen molar-refractivity contribution in [1.82, 2.24) is 4.98 Å². The number of hydrogen-bond donors (Lipinski definition) is 1. The molecule has 0 aliphatic carbocycles. The van der Waals surface area contributed by atoms with Crippen molar-refractivity contribution in [3.63, 3.8) is 0 Å². The summed E-state index contributed by atoms with van der Waals surface area (Å²) in [5, 5.41) is 8.96. The number of rotatable bonds is 3. The third-order valence-corrected chi connectivity index (χ3v) is 1.75. The molecule has 1 rings (SSSR count). The van der Waals surface area contributed by atoms with Gasteiger partial charge in [0.2, 0.25) is 0 Å². The Bertz CT molecular complexity index is 282. The van der Waals surface area contributed by atoms with Gasteiger partial charge in [-0.15, -0.1) is 11.3 Å². The average molecular weight is 184 g/mol. The van der Waals surface area contributed by atoms with Crippen LogP contribution < -0.4 is 0 Å². The lowest BCUT2D eigenvalue weighted by molar-refractivity contribution is -0.135. The van der Waals surface area contributed by atoms with Gasteiger partial charge in [-0.05, 0) is 6.92 Å². The predicted octanol–water partition coefficient (Wildman–Crippen LogP) is 1.07. The number of esters is 1. The van der Waals surface area contributed by atoms with E-state index in [2.05, 4.69) is 9.72 Å². The molecule has 0 aliphatic heterocycles. The van der Waals surface area contributed by atoms with Crippen LogP contribution >= 0.6 is 11.3 Å². The van der Waals surface area contributed by atoms with Gasteiger partial charge in [-0.3, -0.25) is 5.41 Å². The Labute approximate surface area is 73.7 Å². The van der Waals surface area contributed by atoms with Crippen LogP contribution in [0.5, 0.6) is 0 Å². The second kappa shape index (κ2) is 3.96. The highest BCUT2D eigenvalue weighted by Gasteiger charge is 2.13. The summed E-state index contributed by atoms with van der Waals surface area (Å²) in [5.41, 5.74) is 1.76. The van der Waals surface area contributed by atoms with Gasteiger partial charge in [0.15, 0.2) is 5.71 Å². The number of carbonyl (C=O) groups excluding carboxylic acids is 1. The van der Waals surface area contributed by atoms with Crippen LogP contribution in [0.4, 0.5) is 0 Å². The molecule has 0 bridgehead atoms. The van der Waals surface area contributed by atoms with Crippen LogP contribution in [-0.4, -0.2) is 23.3 Å². The lowest BCUT2D eigenvalue weighted by Gasteiger charge is -1.99. The van der Waals surface area contributed by atoms with Gasteiger partial charge < -0.3 is 4.74 Å². The first kappa shape index (κ1) is 8.86. The van der Waals surface area contributed by atoms with E-state index in [4.69, 9.17) is 5.41 Å².